The summed E-state index contributed by atoms with van der Waals surface area (Å²) in [5.41, 5.74) is 4.52. The third-order valence-corrected chi connectivity index (χ3v) is 39.2. The van der Waals surface area contributed by atoms with E-state index in [0.717, 1.165) is 32.4 Å². The number of ether oxygens (including phenoxy) is 3. The van der Waals surface area contributed by atoms with E-state index < -0.39 is 24.2 Å². The average Bonchev–Trinajstić information content (AvgIpc) is 3.41. The van der Waals surface area contributed by atoms with Gasteiger partial charge in [-0.3, -0.25) is 13.7 Å². The van der Waals surface area contributed by atoms with Gasteiger partial charge in [-0.25, -0.2) is 11.8 Å². The van der Waals surface area contributed by atoms with Gasteiger partial charge in [-0.15, -0.1) is 38.4 Å². The Labute approximate surface area is 385 Å². The lowest BCUT2D eigenvalue weighted by atomic mass is 9.72. The molecule has 1 fully saturated rings. The highest BCUT2D eigenvalue weighted by Gasteiger charge is 2.52. The Bertz CT molecular complexity index is 2070. The van der Waals surface area contributed by atoms with E-state index in [4.69, 9.17) is 35.1 Å². The Morgan fingerprint density at radius 3 is 2.15 bits per heavy atom. The highest BCUT2D eigenvalue weighted by Crippen LogP contribution is 2.92. The second kappa shape index (κ2) is 23.6. The van der Waals surface area contributed by atoms with Crippen molar-refractivity contribution < 1.29 is 33.1 Å². The monoisotopic (exact) mass is 1030 g/mol. The van der Waals surface area contributed by atoms with Crippen LogP contribution < -0.4 is 15.5 Å². The van der Waals surface area contributed by atoms with Crippen LogP contribution in [0, 0.1) is 6.92 Å². The summed E-state index contributed by atoms with van der Waals surface area (Å²) < 4.78 is 28.8. The zero-order valence-corrected chi connectivity index (χ0v) is 46.0. The summed E-state index contributed by atoms with van der Waals surface area (Å²) in [4.78, 5) is 23.5. The average molecular weight is 1030 g/mol. The van der Waals surface area contributed by atoms with E-state index in [1.165, 1.54) is 29.9 Å². The van der Waals surface area contributed by atoms with Gasteiger partial charge in [-0.2, -0.15) is 0 Å². The number of fused-ring (bicyclic) bond motifs is 2. The topological polar surface area (TPSA) is 92.3 Å². The smallest absolute Gasteiger partial charge is 0.494 e. The van der Waals surface area contributed by atoms with Crippen molar-refractivity contribution in [2.75, 3.05) is 7.11 Å². The Morgan fingerprint density at radius 1 is 0.967 bits per heavy atom. The largest absolute Gasteiger partial charge is 0.496 e. The third-order valence-electron chi connectivity index (χ3n) is 10.0. The van der Waals surface area contributed by atoms with E-state index in [1.54, 1.807) is 7.11 Å². The Balaban J connectivity index is 0.000000228. The number of nitrogens with one attached hydrogen (secondary N) is 1. The third kappa shape index (κ3) is 15.3. The van der Waals surface area contributed by atoms with E-state index in [-0.39, 0.29) is 31.1 Å². The summed E-state index contributed by atoms with van der Waals surface area (Å²) in [5, 5.41) is 5.24. The quantitative estimate of drug-likeness (QED) is 0.0853. The molecule has 60 heavy (non-hydrogen) atoms. The molecule has 5 atom stereocenters. The maximum Gasteiger partial charge on any atom is 0.494 e. The number of carbonyl (C=O) groups is 2. The number of carbonyl (C=O) groups excluding carboxylic acids is 2. The minimum absolute atomic E-state index is 0.166. The molecule has 1 N–H and O–H groups in total. The Kier molecular flexibility index (Phi) is 21.1. The summed E-state index contributed by atoms with van der Waals surface area (Å²) in [6, 6.07) is 24.3. The first-order valence-electron chi connectivity index (χ1n) is 19.1. The zero-order valence-electron chi connectivity index (χ0n) is 36.4. The van der Waals surface area contributed by atoms with Crippen LogP contribution in [-0.4, -0.2) is 43.1 Å². The van der Waals surface area contributed by atoms with Crippen molar-refractivity contribution in [3.63, 3.8) is 0 Å². The van der Waals surface area contributed by atoms with Gasteiger partial charge in [0.15, 0.2) is 0 Å². The molecule has 328 valence electrons. The standard InChI is InChI=1S/C17H23BO4.C13H18BrNO3.C12H11Cl.H8P7/c1-15(2)13-9-12(8-7-11(13)10-20-14(15)19)18-21-16(3,4)17(5,6)22-18;1-13(2,3)18-12(16)15-8-9-5-6-10(14)7-11(9)17-4;1-9-6-7-10-4-2-3-5-11(10)12(9)8-13;1-5-7(4)6(2)3/h7-9H,10H2,1-6H3;5-7H,8H2,1-4H3,(H,15,16);2-7H,8H2,1H3;1-4H2/q;;;-1. The maximum atomic E-state index is 12.0. The lowest BCUT2D eigenvalue weighted by Gasteiger charge is -2.32. The van der Waals surface area contributed by atoms with Crippen LogP contribution in [0.15, 0.2) is 77.3 Å². The minimum atomic E-state index is -0.646. The SMILES string of the molecule is CC1(C)C(=O)OCc2ccc(B3OC(C)(C)C(C)(C)O3)cc21.COc1cc(Br)ccc1CNC(=O)OC(C)(C)C.Cc1ccc2ccccc2c1CCl.P[P-]P(P)P(P)P. The van der Waals surface area contributed by atoms with Crippen molar-refractivity contribution in [3.8, 4) is 5.75 Å². The number of hydrogen-bond donors (Lipinski definition) is 1. The molecule has 5 unspecified atom stereocenters. The molecule has 0 aliphatic carbocycles. The van der Waals surface area contributed by atoms with Crippen LogP contribution in [0.5, 0.6) is 5.75 Å². The molecule has 6 rings (SSSR count). The van der Waals surface area contributed by atoms with E-state index in [9.17, 15) is 9.59 Å². The molecule has 0 bridgehead atoms. The number of benzene rings is 4. The van der Waals surface area contributed by atoms with Gasteiger partial charge in [-0.05, 0) is 120 Å². The van der Waals surface area contributed by atoms with Crippen LogP contribution in [0.4, 0.5) is 4.79 Å². The van der Waals surface area contributed by atoms with Gasteiger partial charge in [0.2, 0.25) is 0 Å². The number of aryl methyl sites for hydroxylation is 1. The summed E-state index contributed by atoms with van der Waals surface area (Å²) in [7, 11) is 13.9. The molecule has 1 saturated heterocycles. The number of alkyl halides is 1. The van der Waals surface area contributed by atoms with Gasteiger partial charge < -0.3 is 36.8 Å². The number of amides is 1. The molecule has 2 aliphatic rings. The van der Waals surface area contributed by atoms with Crippen molar-refractivity contribution in [2.45, 2.75) is 110 Å². The lowest BCUT2D eigenvalue weighted by molar-refractivity contribution is -0.152. The van der Waals surface area contributed by atoms with Gasteiger partial charge in [-0.1, -0.05) is 83.6 Å². The molecule has 0 saturated carbocycles. The van der Waals surface area contributed by atoms with Crippen LogP contribution >= 0.6 is 85.2 Å². The van der Waals surface area contributed by atoms with Crippen LogP contribution in [0.2, 0.25) is 0 Å². The Hall–Kier alpha value is -0.555. The molecule has 0 radical (unpaired) electrons. The molecular weight excluding hydrogens is 973 g/mol. The number of rotatable bonds is 7. The molecule has 2 aliphatic heterocycles. The summed E-state index contributed by atoms with van der Waals surface area (Å²) in [6.45, 7) is 20.6. The van der Waals surface area contributed by atoms with Crippen molar-refractivity contribution in [1.29, 1.82) is 0 Å². The fraction of sp³-hybridized carbons (Fsp3) is 0.429. The fourth-order valence-electron chi connectivity index (χ4n) is 5.89. The van der Waals surface area contributed by atoms with Crippen molar-refractivity contribution >= 4 is 121 Å². The van der Waals surface area contributed by atoms with Crippen LogP contribution in [-0.2, 0) is 48.0 Å². The van der Waals surface area contributed by atoms with Gasteiger partial charge >= 0.3 is 19.2 Å². The van der Waals surface area contributed by atoms with Gasteiger partial charge in [0.05, 0.1) is 23.7 Å². The van der Waals surface area contributed by atoms with Gasteiger partial charge in [0.25, 0.3) is 0 Å². The predicted octanol–water partition coefficient (Wildman–Crippen LogP) is 13.6. The number of esters is 1. The van der Waals surface area contributed by atoms with Gasteiger partial charge in [0.1, 0.15) is 18.0 Å². The maximum absolute atomic E-state index is 12.0. The second-order valence-corrected chi connectivity index (χ2v) is 38.9. The molecule has 2 heterocycles. The number of cyclic esters (lactones) is 1. The lowest BCUT2D eigenvalue weighted by Crippen LogP contribution is -2.41. The van der Waals surface area contributed by atoms with E-state index >= 15 is 0 Å². The molecule has 18 heteroatoms. The van der Waals surface area contributed by atoms with Crippen LogP contribution in [0.3, 0.4) is 0 Å². The molecule has 4 aromatic carbocycles. The number of methoxy groups -OCH3 is 1. The van der Waals surface area contributed by atoms with Gasteiger partial charge in [0, 0.05) is 22.5 Å². The highest BCUT2D eigenvalue weighted by molar-refractivity contribution is 9.10. The summed E-state index contributed by atoms with van der Waals surface area (Å²) in [5.74, 6) is 1.12. The first-order valence-corrected chi connectivity index (χ1v) is 31.9. The molecule has 4 aromatic rings. The summed E-state index contributed by atoms with van der Waals surface area (Å²) in [6.07, 6.45) is -0.438. The highest BCUT2D eigenvalue weighted by atomic mass is 79.9. The molecular formula is C42H60BBrClNO7P7-. The van der Waals surface area contributed by atoms with E-state index in [1.807, 2.05) is 98.7 Å². The first kappa shape index (κ1) is 53.8. The fourth-order valence-corrected chi connectivity index (χ4v) is 21.0. The second-order valence-electron chi connectivity index (χ2n) is 16.5. The summed E-state index contributed by atoms with van der Waals surface area (Å²) >= 11 is 9.28. The number of alkyl carbamates (subject to hydrolysis) is 1. The van der Waals surface area contributed by atoms with Crippen molar-refractivity contribution in [1.82, 2.24) is 5.32 Å². The predicted molar refractivity (Wildman–Crippen MR) is 277 cm³/mol. The molecule has 0 aromatic heterocycles. The minimum Gasteiger partial charge on any atom is -0.496 e. The van der Waals surface area contributed by atoms with E-state index in [2.05, 4.69) is 100 Å². The van der Waals surface area contributed by atoms with Crippen molar-refractivity contribution in [2.24, 2.45) is 0 Å². The zero-order chi connectivity index (χ0) is 45.2. The Morgan fingerprint density at radius 2 is 1.60 bits per heavy atom. The van der Waals surface area contributed by atoms with Crippen molar-refractivity contribution in [3.05, 3.63) is 105 Å². The van der Waals surface area contributed by atoms with Crippen LogP contribution in [0.25, 0.3) is 10.8 Å². The van der Waals surface area contributed by atoms with Crippen LogP contribution in [0.1, 0.15) is 90.1 Å². The normalized spacial score (nSPS) is 16.6. The number of halogens is 2. The van der Waals surface area contributed by atoms with E-state index in [0.29, 0.717) is 19.0 Å². The molecule has 0 spiro atoms. The molecule has 8 nitrogen and oxygen atoms in total. The first-order chi connectivity index (χ1) is 27.9. The molecule has 1 amide bonds. The number of hydrogen-bond acceptors (Lipinski definition) is 7.